The van der Waals surface area contributed by atoms with E-state index in [0.717, 1.165) is 4.90 Å². The largest absolute Gasteiger partial charge is 0.497 e. The molecule has 0 saturated carbocycles. The van der Waals surface area contributed by atoms with E-state index in [1.54, 1.807) is 75.4 Å². The van der Waals surface area contributed by atoms with Gasteiger partial charge in [0.05, 0.1) is 24.1 Å². The number of imide groups is 1. The number of allylic oxidation sites excluding steroid dienone is 1. The maximum absolute atomic E-state index is 14.1. The Kier molecular flexibility index (Phi) is 6.58. The average molecular weight is 453 g/mol. The summed E-state index contributed by atoms with van der Waals surface area (Å²) in [5, 5.41) is 11.8. The van der Waals surface area contributed by atoms with Gasteiger partial charge in [-0.05, 0) is 56.5 Å². The lowest BCUT2D eigenvalue weighted by Crippen LogP contribution is -2.49. The molecule has 1 aliphatic heterocycles. The third-order valence-electron chi connectivity index (χ3n) is 5.70. The van der Waals surface area contributed by atoms with Crippen LogP contribution in [-0.4, -0.2) is 36.2 Å². The topological polar surface area (TPSA) is 99.0 Å². The van der Waals surface area contributed by atoms with Crippen molar-refractivity contribution in [3.05, 3.63) is 82.4 Å². The summed E-state index contributed by atoms with van der Waals surface area (Å²) in [6, 6.07) is 13.7. The van der Waals surface area contributed by atoms with Crippen LogP contribution in [0.15, 0.2) is 61.2 Å². The molecule has 0 spiro atoms. The zero-order valence-corrected chi connectivity index (χ0v) is 19.2. The lowest BCUT2D eigenvalue weighted by molar-refractivity contribution is -0.485. The van der Waals surface area contributed by atoms with Gasteiger partial charge in [0, 0.05) is 4.92 Å². The van der Waals surface area contributed by atoms with Crippen molar-refractivity contribution < 1.29 is 24.0 Å². The SMILES string of the molecule is C=CC[C@@]1([C@H](C[N+](=O)[O-])c2ccc(OC)cc2)C(=O)N(C(=O)OC(C)(C)C)c2ccccc21. The van der Waals surface area contributed by atoms with Gasteiger partial charge in [0.1, 0.15) is 11.4 Å². The van der Waals surface area contributed by atoms with E-state index in [9.17, 15) is 19.7 Å². The second kappa shape index (κ2) is 9.05. The highest BCUT2D eigenvalue weighted by Gasteiger charge is 2.58. The fourth-order valence-electron chi connectivity index (χ4n) is 4.39. The van der Waals surface area contributed by atoms with Crippen LogP contribution in [0.2, 0.25) is 0 Å². The number of rotatable bonds is 7. The number of amides is 2. The van der Waals surface area contributed by atoms with Gasteiger partial charge in [0.15, 0.2) is 0 Å². The molecule has 2 atom stereocenters. The minimum absolute atomic E-state index is 0.104. The fraction of sp³-hybridized carbons (Fsp3) is 0.360. The van der Waals surface area contributed by atoms with Crippen LogP contribution in [0.5, 0.6) is 5.75 Å². The molecule has 2 aromatic carbocycles. The number of nitrogens with zero attached hydrogens (tertiary/aromatic N) is 2. The first-order chi connectivity index (χ1) is 15.5. The van der Waals surface area contributed by atoms with E-state index in [0.29, 0.717) is 22.6 Å². The summed E-state index contributed by atoms with van der Waals surface area (Å²) in [7, 11) is 1.53. The minimum Gasteiger partial charge on any atom is -0.497 e. The predicted octanol–water partition coefficient (Wildman–Crippen LogP) is 4.85. The van der Waals surface area contributed by atoms with Crippen molar-refractivity contribution in [2.75, 3.05) is 18.6 Å². The second-order valence-corrected chi connectivity index (χ2v) is 8.94. The average Bonchev–Trinajstić information content (AvgIpc) is 3.00. The zero-order valence-electron chi connectivity index (χ0n) is 19.2. The summed E-state index contributed by atoms with van der Waals surface area (Å²) < 4.78 is 10.7. The van der Waals surface area contributed by atoms with Crippen LogP contribution in [0.3, 0.4) is 0 Å². The number of hydrogen-bond acceptors (Lipinski definition) is 6. The quantitative estimate of drug-likeness (QED) is 0.338. The van der Waals surface area contributed by atoms with Crippen molar-refractivity contribution in [3.8, 4) is 5.75 Å². The second-order valence-electron chi connectivity index (χ2n) is 8.94. The predicted molar refractivity (Wildman–Crippen MR) is 124 cm³/mol. The number of benzene rings is 2. The third kappa shape index (κ3) is 4.46. The van der Waals surface area contributed by atoms with E-state index in [4.69, 9.17) is 9.47 Å². The summed E-state index contributed by atoms with van der Waals surface area (Å²) >= 11 is 0. The van der Waals surface area contributed by atoms with E-state index >= 15 is 0 Å². The summed E-state index contributed by atoms with van der Waals surface area (Å²) in [5.74, 6) is -0.845. The normalized spacial score (nSPS) is 18.4. The van der Waals surface area contributed by atoms with Crippen molar-refractivity contribution >= 4 is 17.7 Å². The van der Waals surface area contributed by atoms with Gasteiger partial charge in [0.25, 0.3) is 0 Å². The lowest BCUT2D eigenvalue weighted by atomic mass is 9.66. The van der Waals surface area contributed by atoms with Crippen molar-refractivity contribution in [2.45, 2.75) is 44.1 Å². The standard InChI is InChI=1S/C25H28N2O6/c1-6-15-25(20(16-26(30)31)17-11-13-18(32-5)14-12-17)19-9-7-8-10-21(19)27(22(25)28)23(29)33-24(2,3)4/h6-14,20H,1,15-16H2,2-5H3/t20-,25-/m1/s1. The Morgan fingerprint density at radius 3 is 2.39 bits per heavy atom. The lowest BCUT2D eigenvalue weighted by Gasteiger charge is -2.34. The van der Waals surface area contributed by atoms with E-state index in [1.807, 2.05) is 0 Å². The number of nitro groups is 1. The molecule has 8 heteroatoms. The number of hydrogen-bond donors (Lipinski definition) is 0. The van der Waals surface area contributed by atoms with Crippen molar-refractivity contribution in [2.24, 2.45) is 0 Å². The maximum atomic E-state index is 14.1. The van der Waals surface area contributed by atoms with Gasteiger partial charge in [0.2, 0.25) is 12.5 Å². The number of carbonyl (C=O) groups excluding carboxylic acids is 2. The molecule has 1 aliphatic rings. The highest BCUT2D eigenvalue weighted by molar-refractivity contribution is 6.21. The summed E-state index contributed by atoms with van der Waals surface area (Å²) in [5.41, 5.74) is -0.754. The molecule has 33 heavy (non-hydrogen) atoms. The molecule has 0 fully saturated rings. The van der Waals surface area contributed by atoms with Gasteiger partial charge in [-0.15, -0.1) is 6.58 Å². The van der Waals surface area contributed by atoms with Crippen LogP contribution in [0.4, 0.5) is 10.5 Å². The number of methoxy groups -OCH3 is 1. The molecule has 0 aliphatic carbocycles. The summed E-state index contributed by atoms with van der Waals surface area (Å²) in [6.45, 7) is 8.43. The van der Waals surface area contributed by atoms with Crippen LogP contribution >= 0.6 is 0 Å². The number of anilines is 1. The first kappa shape index (κ1) is 24.0. The molecule has 2 aromatic rings. The Balaban J connectivity index is 2.24. The molecule has 0 N–H and O–H groups in total. The number of ether oxygens (including phenoxy) is 2. The van der Waals surface area contributed by atoms with Gasteiger partial charge < -0.3 is 9.47 Å². The zero-order chi connectivity index (χ0) is 24.4. The third-order valence-corrected chi connectivity index (χ3v) is 5.70. The molecule has 174 valence electrons. The highest BCUT2D eigenvalue weighted by atomic mass is 16.6. The van der Waals surface area contributed by atoms with Crippen LogP contribution in [0.25, 0.3) is 0 Å². The molecule has 0 bridgehead atoms. The minimum atomic E-state index is -1.41. The van der Waals surface area contributed by atoms with Crippen molar-refractivity contribution in [3.63, 3.8) is 0 Å². The van der Waals surface area contributed by atoms with E-state index in [1.165, 1.54) is 7.11 Å². The Morgan fingerprint density at radius 1 is 1.21 bits per heavy atom. The monoisotopic (exact) mass is 452 g/mol. The highest BCUT2D eigenvalue weighted by Crippen LogP contribution is 2.52. The molecule has 0 radical (unpaired) electrons. The van der Waals surface area contributed by atoms with Crippen molar-refractivity contribution in [1.82, 2.24) is 0 Å². The van der Waals surface area contributed by atoms with Crippen LogP contribution < -0.4 is 9.64 Å². The Morgan fingerprint density at radius 2 is 1.85 bits per heavy atom. The number of fused-ring (bicyclic) bond motifs is 1. The molecule has 2 amide bonds. The van der Waals surface area contributed by atoms with Gasteiger partial charge in [-0.1, -0.05) is 36.4 Å². The molecule has 1 heterocycles. The van der Waals surface area contributed by atoms with Crippen LogP contribution in [0, 0.1) is 10.1 Å². The van der Waals surface area contributed by atoms with Gasteiger partial charge in [-0.2, -0.15) is 0 Å². The van der Waals surface area contributed by atoms with Crippen molar-refractivity contribution in [1.29, 1.82) is 0 Å². The van der Waals surface area contributed by atoms with E-state index in [2.05, 4.69) is 6.58 Å². The smallest absolute Gasteiger partial charge is 0.421 e. The fourth-order valence-corrected chi connectivity index (χ4v) is 4.39. The Hall–Kier alpha value is -3.68. The van der Waals surface area contributed by atoms with E-state index < -0.39 is 40.4 Å². The van der Waals surface area contributed by atoms with E-state index in [-0.39, 0.29) is 6.42 Å². The molecule has 0 aromatic heterocycles. The van der Waals surface area contributed by atoms with Gasteiger partial charge >= 0.3 is 6.09 Å². The summed E-state index contributed by atoms with van der Waals surface area (Å²) in [4.78, 5) is 39.5. The summed E-state index contributed by atoms with van der Waals surface area (Å²) in [6.07, 6.45) is 0.844. The molecular formula is C25H28N2O6. The molecule has 8 nitrogen and oxygen atoms in total. The Bertz CT molecular complexity index is 1070. The maximum Gasteiger partial charge on any atom is 0.421 e. The van der Waals surface area contributed by atoms with Crippen LogP contribution in [-0.2, 0) is 14.9 Å². The molecule has 0 unspecified atom stereocenters. The van der Waals surface area contributed by atoms with Crippen LogP contribution in [0.1, 0.15) is 44.2 Å². The molecule has 0 saturated heterocycles. The number of carbonyl (C=O) groups is 2. The van der Waals surface area contributed by atoms with Gasteiger partial charge in [-0.25, -0.2) is 9.69 Å². The molecular weight excluding hydrogens is 424 g/mol. The molecule has 3 rings (SSSR count). The first-order valence-corrected chi connectivity index (χ1v) is 10.6. The Labute approximate surface area is 193 Å². The van der Waals surface area contributed by atoms with Gasteiger partial charge in [-0.3, -0.25) is 14.9 Å². The number of para-hydroxylation sites is 1. The first-order valence-electron chi connectivity index (χ1n) is 10.6.